The average Bonchev–Trinajstić information content (AvgIpc) is 3.67. The predicted octanol–water partition coefficient (Wildman–Crippen LogP) is -0.462. The van der Waals surface area contributed by atoms with Crippen LogP contribution < -0.4 is 0 Å². The van der Waals surface area contributed by atoms with Crippen LogP contribution in [0, 0.1) is 34.0 Å². The number of cyclic esters (lactones) is 1. The molecule has 356 valence electrons. The van der Waals surface area contributed by atoms with Crippen molar-refractivity contribution in [2.24, 2.45) is 34.0 Å². The molecule has 7 N–H and O–H groups in total. The van der Waals surface area contributed by atoms with Gasteiger partial charge in [0.15, 0.2) is 18.9 Å². The molecular weight excluding hydrogens is 832 g/mol. The van der Waals surface area contributed by atoms with E-state index in [2.05, 4.69) is 13.8 Å². The van der Waals surface area contributed by atoms with Crippen LogP contribution >= 0.6 is 0 Å². The lowest BCUT2D eigenvalue weighted by Crippen LogP contribution is -2.67. The molecule has 0 aromatic rings. The summed E-state index contributed by atoms with van der Waals surface area (Å²) in [7, 11) is 1.48. The van der Waals surface area contributed by atoms with Crippen LogP contribution in [-0.4, -0.2) is 179 Å². The summed E-state index contributed by atoms with van der Waals surface area (Å²) in [5, 5.41) is 72.7. The molecule has 7 fully saturated rings. The summed E-state index contributed by atoms with van der Waals surface area (Å²) in [5.41, 5.74) is -0.442. The number of ketones is 1. The van der Waals surface area contributed by atoms with E-state index < -0.39 is 128 Å². The molecule has 8 rings (SSSR count). The van der Waals surface area contributed by atoms with Gasteiger partial charge in [-0.15, -0.1) is 0 Å². The molecule has 63 heavy (non-hydrogen) atoms. The zero-order valence-electron chi connectivity index (χ0n) is 36.6. The Hall–Kier alpha value is -2.21. The van der Waals surface area contributed by atoms with Gasteiger partial charge in [0.25, 0.3) is 0 Å². The number of hydrogen-bond acceptors (Lipinski definition) is 19. The molecule has 0 aromatic carbocycles. The van der Waals surface area contributed by atoms with E-state index in [9.17, 15) is 50.1 Å². The van der Waals surface area contributed by atoms with Gasteiger partial charge in [0.2, 0.25) is 0 Å². The highest BCUT2D eigenvalue weighted by Crippen LogP contribution is 2.70. The summed E-state index contributed by atoms with van der Waals surface area (Å²) >= 11 is 0. The second kappa shape index (κ2) is 18.1. The van der Waals surface area contributed by atoms with Gasteiger partial charge in [-0.3, -0.25) is 9.59 Å². The maximum Gasteiger partial charge on any atom is 0.331 e. The molecule has 19 nitrogen and oxygen atoms in total. The van der Waals surface area contributed by atoms with Crippen LogP contribution in [0.15, 0.2) is 11.6 Å². The van der Waals surface area contributed by atoms with E-state index in [1.54, 1.807) is 13.0 Å². The molecule has 1 spiro atoms. The minimum Gasteiger partial charge on any atom is -0.459 e. The molecule has 4 aliphatic heterocycles. The van der Waals surface area contributed by atoms with Gasteiger partial charge >= 0.3 is 11.9 Å². The van der Waals surface area contributed by atoms with Crippen molar-refractivity contribution in [3.05, 3.63) is 11.6 Å². The van der Waals surface area contributed by atoms with Crippen molar-refractivity contribution in [1.29, 1.82) is 0 Å². The van der Waals surface area contributed by atoms with E-state index in [0.717, 1.165) is 31.3 Å². The van der Waals surface area contributed by atoms with Gasteiger partial charge < -0.3 is 78.4 Å². The normalized spacial score (nSPS) is 51.1. The van der Waals surface area contributed by atoms with Gasteiger partial charge in [-0.1, -0.05) is 13.8 Å². The van der Waals surface area contributed by atoms with Gasteiger partial charge in [-0.25, -0.2) is 4.79 Å². The third kappa shape index (κ3) is 8.23. The van der Waals surface area contributed by atoms with Gasteiger partial charge in [-0.05, 0) is 81.1 Å². The molecule has 2 bridgehead atoms. The molecule has 3 saturated heterocycles. The van der Waals surface area contributed by atoms with Crippen molar-refractivity contribution in [3.63, 3.8) is 0 Å². The quantitative estimate of drug-likeness (QED) is 0.102. The van der Waals surface area contributed by atoms with E-state index in [4.69, 9.17) is 42.6 Å². The second-order valence-corrected chi connectivity index (χ2v) is 19.8. The molecule has 0 unspecified atom stereocenters. The number of carbonyl (C=O) groups is 3. The number of Topliss-reactive ketones (excluding diaryl/α,β-unsaturated/α-hetero) is 1. The van der Waals surface area contributed by atoms with Crippen LogP contribution in [-0.2, 0) is 57.0 Å². The van der Waals surface area contributed by atoms with Crippen LogP contribution in [0.3, 0.4) is 0 Å². The van der Waals surface area contributed by atoms with E-state index in [0.29, 0.717) is 31.5 Å². The number of esters is 2. The fourth-order valence-electron chi connectivity index (χ4n) is 13.2. The zero-order valence-corrected chi connectivity index (χ0v) is 36.6. The summed E-state index contributed by atoms with van der Waals surface area (Å²) in [6.45, 7) is 6.51. The number of aliphatic hydroxyl groups is 7. The highest BCUT2D eigenvalue weighted by atomic mass is 16.8. The Morgan fingerprint density at radius 1 is 0.794 bits per heavy atom. The fraction of sp³-hybridized carbons (Fsp3) is 0.886. The summed E-state index contributed by atoms with van der Waals surface area (Å²) in [6, 6.07) is 0. The fourth-order valence-corrected chi connectivity index (χ4v) is 13.2. The number of fused-ring (bicyclic) bond motifs is 3. The van der Waals surface area contributed by atoms with Crippen molar-refractivity contribution in [3.8, 4) is 0 Å². The van der Waals surface area contributed by atoms with Crippen molar-refractivity contribution in [1.82, 2.24) is 0 Å². The Morgan fingerprint density at radius 3 is 2.14 bits per heavy atom. The lowest BCUT2D eigenvalue weighted by atomic mass is 9.37. The second-order valence-electron chi connectivity index (χ2n) is 19.8. The van der Waals surface area contributed by atoms with Crippen molar-refractivity contribution < 1.29 is 92.8 Å². The SMILES string of the molecule is CO[C@@H]1C[C@H](O[C@H]2CC[C@@]3(C)[C@@H]4CC[C@@]5(C)C(=O)[C@]4(CC[C@H]3[C@@H]2OC(C)=O)CC[C@H]5C2=CC(=O)OC2)O[C@H](C)[C@H]1O[C@H]1O[C@@H](CO[C@H]2O[C@@H](CO)[C@H](O)[C@@H](O)[C@@H]2O)[C@H](O)[C@@H](O)[C@@H]1O. The summed E-state index contributed by atoms with van der Waals surface area (Å²) in [5.74, 6) is -0.472. The summed E-state index contributed by atoms with van der Waals surface area (Å²) in [4.78, 5) is 39.6. The first kappa shape index (κ1) is 47.3. The lowest BCUT2D eigenvalue weighted by Gasteiger charge is -2.67. The number of ether oxygens (including phenoxy) is 9. The van der Waals surface area contributed by atoms with Crippen LogP contribution in [0.25, 0.3) is 0 Å². The molecule has 0 amide bonds. The maximum atomic E-state index is 14.8. The van der Waals surface area contributed by atoms with Crippen LogP contribution in [0.5, 0.6) is 0 Å². The molecule has 4 saturated carbocycles. The Morgan fingerprint density at radius 2 is 1.48 bits per heavy atom. The third-order valence-corrected chi connectivity index (χ3v) is 16.4. The van der Waals surface area contributed by atoms with Crippen molar-refractivity contribution >= 4 is 17.7 Å². The third-order valence-electron chi connectivity index (χ3n) is 16.4. The zero-order chi connectivity index (χ0) is 45.3. The standard InChI is InChI=1S/C44H66O19/c1-19-37(63-40-36(53)34(51)32(49)27(62-40)18-57-39-35(52)33(50)31(48)26(16-45)61-39)25(55-5)15-30(58-19)60-24-8-10-42(3)23(38(24)59-20(2)46)7-13-44-12-6-22(21-14-29(47)56-17-21)43(4,41(44)54)11-9-28(42)44/h14,19,22-28,30-40,45,48-53H,6-13,15-18H2,1-5H3/t19-,22+,23+,24+,25-,26+,27+,28+,30+,31+,32+,33-,34-,35+,36+,37-,38+,39+,40-,42-,43-,44+/m1/s1. The highest BCUT2D eigenvalue weighted by molar-refractivity contribution is 5.94. The molecular formula is C44H66O19. The van der Waals surface area contributed by atoms with E-state index >= 15 is 0 Å². The molecule has 8 aliphatic rings. The van der Waals surface area contributed by atoms with E-state index in [1.165, 1.54) is 14.0 Å². The molecule has 0 radical (unpaired) electrons. The van der Waals surface area contributed by atoms with Crippen molar-refractivity contribution in [2.75, 3.05) is 26.9 Å². The summed E-state index contributed by atoms with van der Waals surface area (Å²) < 4.78 is 53.4. The first-order valence-electron chi connectivity index (χ1n) is 22.6. The Kier molecular flexibility index (Phi) is 13.6. The van der Waals surface area contributed by atoms with Gasteiger partial charge in [0.05, 0.1) is 31.5 Å². The number of methoxy groups -OCH3 is 1. The monoisotopic (exact) mass is 898 g/mol. The minimum atomic E-state index is -1.75. The number of aliphatic hydroxyl groups excluding tert-OH is 7. The van der Waals surface area contributed by atoms with Gasteiger partial charge in [0, 0.05) is 43.3 Å². The smallest absolute Gasteiger partial charge is 0.331 e. The predicted molar refractivity (Wildman–Crippen MR) is 212 cm³/mol. The molecule has 19 heteroatoms. The Balaban J connectivity index is 0.916. The minimum absolute atomic E-state index is 0.0188. The van der Waals surface area contributed by atoms with Gasteiger partial charge in [-0.2, -0.15) is 0 Å². The summed E-state index contributed by atoms with van der Waals surface area (Å²) in [6.07, 6.45) is -12.5. The lowest BCUT2D eigenvalue weighted by molar-refractivity contribution is -0.356. The highest BCUT2D eigenvalue weighted by Gasteiger charge is 2.69. The first-order valence-corrected chi connectivity index (χ1v) is 22.6. The largest absolute Gasteiger partial charge is 0.459 e. The average molecular weight is 899 g/mol. The Labute approximate surface area is 366 Å². The van der Waals surface area contributed by atoms with Crippen LogP contribution in [0.4, 0.5) is 0 Å². The molecule has 0 aromatic heterocycles. The topological polar surface area (TPSA) is 276 Å². The molecule has 4 heterocycles. The van der Waals surface area contributed by atoms with Crippen LogP contribution in [0.2, 0.25) is 0 Å². The number of rotatable bonds is 11. The van der Waals surface area contributed by atoms with Crippen LogP contribution in [0.1, 0.15) is 85.5 Å². The first-order chi connectivity index (χ1) is 29.9. The molecule has 4 aliphatic carbocycles. The van der Waals surface area contributed by atoms with Crippen molar-refractivity contribution in [2.45, 2.75) is 184 Å². The van der Waals surface area contributed by atoms with E-state index in [-0.39, 0.29) is 42.2 Å². The van der Waals surface area contributed by atoms with E-state index in [1.807, 2.05) is 0 Å². The molecule has 22 atom stereocenters. The number of hydrogen-bond donors (Lipinski definition) is 7. The van der Waals surface area contributed by atoms with Gasteiger partial charge in [0.1, 0.15) is 73.4 Å². The number of carbonyl (C=O) groups excluding carboxylic acids is 3. The maximum absolute atomic E-state index is 14.8. The Bertz CT molecular complexity index is 1730.